The summed E-state index contributed by atoms with van der Waals surface area (Å²) in [5, 5.41) is 0. The maximum absolute atomic E-state index is 13.0. The molecule has 0 fully saturated rings. The van der Waals surface area contributed by atoms with E-state index in [1.54, 1.807) is 18.3 Å². The molecule has 1 aromatic heterocycles. The molecule has 0 spiro atoms. The molecule has 0 aliphatic rings. The molecule has 66 valence electrons. The quantitative estimate of drug-likeness (QED) is 0.643. The maximum Gasteiger partial charge on any atom is 0.146 e. The Balaban J connectivity index is 2.49. The van der Waals surface area contributed by atoms with E-state index in [2.05, 4.69) is 4.98 Å². The highest BCUT2D eigenvalue weighted by atomic mass is 19.1. The molecule has 0 radical (unpaired) electrons. The van der Waals surface area contributed by atoms with Crippen LogP contribution in [-0.2, 0) is 0 Å². The van der Waals surface area contributed by atoms with Crippen LogP contribution in [0.5, 0.6) is 0 Å². The molecule has 0 unspecified atom stereocenters. The number of anilines is 1. The highest BCUT2D eigenvalue weighted by molar-refractivity contribution is 5.62. The molecule has 1 heterocycles. The second-order valence-electron chi connectivity index (χ2n) is 2.82. The maximum atomic E-state index is 13.0. The van der Waals surface area contributed by atoms with Gasteiger partial charge in [-0.25, -0.2) is 4.39 Å². The lowest BCUT2D eigenvalue weighted by atomic mass is 10.1. The Bertz CT molecular complexity index is 407. The van der Waals surface area contributed by atoms with Gasteiger partial charge in [0.05, 0.1) is 5.69 Å². The van der Waals surface area contributed by atoms with Gasteiger partial charge in [-0.2, -0.15) is 0 Å². The lowest BCUT2D eigenvalue weighted by molar-refractivity contribution is 0.633. The van der Waals surface area contributed by atoms with Crippen molar-refractivity contribution in [3.63, 3.8) is 0 Å². The molecule has 2 nitrogen and oxygen atoms in total. The van der Waals surface area contributed by atoms with Crippen LogP contribution in [0.4, 0.5) is 10.1 Å². The second kappa shape index (κ2) is 2.94. The van der Waals surface area contributed by atoms with Gasteiger partial charge in [-0.3, -0.25) is 0 Å². The fraction of sp³-hybridized carbons (Fsp3) is 0. The Kier molecular flexibility index (Phi) is 1.77. The number of hydrogen-bond donors (Lipinski definition) is 2. The minimum absolute atomic E-state index is 0.176. The molecular formula is C10H9FN2. The smallest absolute Gasteiger partial charge is 0.146 e. The number of aromatic nitrogens is 1. The normalized spacial score (nSPS) is 10.2. The molecule has 0 saturated heterocycles. The number of benzene rings is 1. The summed E-state index contributed by atoms with van der Waals surface area (Å²) in [7, 11) is 0. The molecular weight excluding hydrogens is 167 g/mol. The topological polar surface area (TPSA) is 41.8 Å². The van der Waals surface area contributed by atoms with Gasteiger partial charge >= 0.3 is 0 Å². The van der Waals surface area contributed by atoms with Crippen molar-refractivity contribution < 1.29 is 4.39 Å². The van der Waals surface area contributed by atoms with Crippen LogP contribution in [0.1, 0.15) is 0 Å². The van der Waals surface area contributed by atoms with Crippen molar-refractivity contribution >= 4 is 5.69 Å². The summed E-state index contributed by atoms with van der Waals surface area (Å²) >= 11 is 0. The highest BCUT2D eigenvalue weighted by Crippen LogP contribution is 2.20. The van der Waals surface area contributed by atoms with Crippen molar-refractivity contribution in [3.05, 3.63) is 42.3 Å². The summed E-state index contributed by atoms with van der Waals surface area (Å²) < 4.78 is 13.0. The van der Waals surface area contributed by atoms with Crippen LogP contribution in [-0.4, -0.2) is 4.98 Å². The van der Waals surface area contributed by atoms with Crippen molar-refractivity contribution in [2.24, 2.45) is 0 Å². The predicted molar refractivity (Wildman–Crippen MR) is 50.6 cm³/mol. The van der Waals surface area contributed by atoms with Gasteiger partial charge in [0.2, 0.25) is 0 Å². The Labute approximate surface area is 75.2 Å². The monoisotopic (exact) mass is 176 g/mol. The van der Waals surface area contributed by atoms with Crippen LogP contribution in [0.3, 0.4) is 0 Å². The SMILES string of the molecule is Nc1ccc(-c2ccc[nH]2)cc1F. The molecule has 3 heteroatoms. The van der Waals surface area contributed by atoms with Gasteiger partial charge in [-0.15, -0.1) is 0 Å². The number of H-pyrrole nitrogens is 1. The van der Waals surface area contributed by atoms with E-state index in [4.69, 9.17) is 5.73 Å². The number of hydrogen-bond acceptors (Lipinski definition) is 1. The molecule has 1 aromatic carbocycles. The Morgan fingerprint density at radius 2 is 2.08 bits per heavy atom. The number of nitrogens with two attached hydrogens (primary N) is 1. The van der Waals surface area contributed by atoms with Crippen molar-refractivity contribution in [1.29, 1.82) is 0 Å². The van der Waals surface area contributed by atoms with Crippen LogP contribution in [0.25, 0.3) is 11.3 Å². The van der Waals surface area contributed by atoms with E-state index >= 15 is 0 Å². The molecule has 0 amide bonds. The lowest BCUT2D eigenvalue weighted by Crippen LogP contribution is -1.90. The van der Waals surface area contributed by atoms with Crippen molar-refractivity contribution in [2.75, 3.05) is 5.73 Å². The van der Waals surface area contributed by atoms with E-state index in [1.165, 1.54) is 6.07 Å². The number of nitrogen functional groups attached to an aromatic ring is 1. The second-order valence-corrected chi connectivity index (χ2v) is 2.82. The van der Waals surface area contributed by atoms with Gasteiger partial charge in [-0.05, 0) is 24.3 Å². The first kappa shape index (κ1) is 7.86. The minimum atomic E-state index is -0.382. The Morgan fingerprint density at radius 1 is 1.23 bits per heavy atom. The van der Waals surface area contributed by atoms with E-state index in [0.29, 0.717) is 0 Å². The molecule has 0 aliphatic heterocycles. The number of halogens is 1. The largest absolute Gasteiger partial charge is 0.396 e. The first-order valence-corrected chi connectivity index (χ1v) is 3.96. The van der Waals surface area contributed by atoms with Gasteiger partial charge in [0.15, 0.2) is 0 Å². The van der Waals surface area contributed by atoms with Crippen LogP contribution in [0.2, 0.25) is 0 Å². The summed E-state index contributed by atoms with van der Waals surface area (Å²) in [5.41, 5.74) is 7.22. The highest BCUT2D eigenvalue weighted by Gasteiger charge is 2.01. The predicted octanol–water partition coefficient (Wildman–Crippen LogP) is 2.40. The molecule has 3 N–H and O–H groups in total. The summed E-state index contributed by atoms with van der Waals surface area (Å²) in [6, 6.07) is 8.51. The van der Waals surface area contributed by atoms with Gasteiger partial charge in [-0.1, -0.05) is 6.07 Å². The zero-order valence-electron chi connectivity index (χ0n) is 6.92. The van der Waals surface area contributed by atoms with Crippen LogP contribution >= 0.6 is 0 Å². The molecule has 0 saturated carbocycles. The van der Waals surface area contributed by atoms with Crippen LogP contribution < -0.4 is 5.73 Å². The van der Waals surface area contributed by atoms with Crippen molar-refractivity contribution in [1.82, 2.24) is 4.98 Å². The van der Waals surface area contributed by atoms with Crippen LogP contribution in [0, 0.1) is 5.82 Å². The average Bonchev–Trinajstić information content (AvgIpc) is 2.62. The Hall–Kier alpha value is -1.77. The van der Waals surface area contributed by atoms with Crippen molar-refractivity contribution in [2.45, 2.75) is 0 Å². The first-order chi connectivity index (χ1) is 6.27. The van der Waals surface area contributed by atoms with E-state index in [9.17, 15) is 4.39 Å². The van der Waals surface area contributed by atoms with Crippen molar-refractivity contribution in [3.8, 4) is 11.3 Å². The average molecular weight is 176 g/mol. The van der Waals surface area contributed by atoms with E-state index in [1.807, 2.05) is 12.1 Å². The molecule has 0 bridgehead atoms. The Morgan fingerprint density at radius 3 is 2.69 bits per heavy atom. The fourth-order valence-corrected chi connectivity index (χ4v) is 1.20. The number of rotatable bonds is 1. The third-order valence-electron chi connectivity index (χ3n) is 1.91. The van der Waals surface area contributed by atoms with Gasteiger partial charge in [0.25, 0.3) is 0 Å². The summed E-state index contributed by atoms with van der Waals surface area (Å²) in [5.74, 6) is -0.382. The van der Waals surface area contributed by atoms with E-state index in [0.717, 1.165) is 11.3 Å². The first-order valence-electron chi connectivity index (χ1n) is 3.96. The molecule has 2 rings (SSSR count). The van der Waals surface area contributed by atoms with Gasteiger partial charge in [0.1, 0.15) is 5.82 Å². The molecule has 0 atom stereocenters. The minimum Gasteiger partial charge on any atom is -0.396 e. The van der Waals surface area contributed by atoms with E-state index in [-0.39, 0.29) is 11.5 Å². The van der Waals surface area contributed by atoms with Gasteiger partial charge in [0, 0.05) is 17.5 Å². The zero-order valence-corrected chi connectivity index (χ0v) is 6.92. The standard InChI is InChI=1S/C10H9FN2/c11-8-6-7(3-4-9(8)12)10-2-1-5-13-10/h1-6,13H,12H2. The number of nitrogens with one attached hydrogen (secondary N) is 1. The third kappa shape index (κ3) is 1.40. The van der Waals surface area contributed by atoms with Crippen LogP contribution in [0.15, 0.2) is 36.5 Å². The fourth-order valence-electron chi connectivity index (χ4n) is 1.20. The molecule has 13 heavy (non-hydrogen) atoms. The van der Waals surface area contributed by atoms with E-state index < -0.39 is 0 Å². The summed E-state index contributed by atoms with van der Waals surface area (Å²) in [6.07, 6.45) is 1.80. The third-order valence-corrected chi connectivity index (χ3v) is 1.91. The summed E-state index contributed by atoms with van der Waals surface area (Å²) in [4.78, 5) is 2.99. The lowest BCUT2D eigenvalue weighted by Gasteiger charge is -2.00. The molecule has 0 aliphatic carbocycles. The van der Waals surface area contributed by atoms with Gasteiger partial charge < -0.3 is 10.7 Å². The molecule has 2 aromatic rings. The zero-order chi connectivity index (χ0) is 9.26. The number of aromatic amines is 1. The summed E-state index contributed by atoms with van der Waals surface area (Å²) in [6.45, 7) is 0.